The summed E-state index contributed by atoms with van der Waals surface area (Å²) in [5, 5.41) is 4.47. The zero-order valence-corrected chi connectivity index (χ0v) is 9.56. The first-order valence-electron chi connectivity index (χ1n) is 4.69. The van der Waals surface area contributed by atoms with E-state index < -0.39 is 0 Å². The minimum absolute atomic E-state index is 0.566. The van der Waals surface area contributed by atoms with E-state index in [0.29, 0.717) is 6.04 Å². The van der Waals surface area contributed by atoms with Crippen LogP contribution in [0.2, 0.25) is 5.02 Å². The lowest BCUT2D eigenvalue weighted by Gasteiger charge is -2.08. The van der Waals surface area contributed by atoms with Crippen LogP contribution in [0.1, 0.15) is 34.2 Å². The Labute approximate surface area is 88.1 Å². The standard InChI is InChI=1S/C10H14ClNS/c1-6-9(11)7(2)13-10(6)8-4-3-5-12-8/h8,12H,3-5H2,1-2H3. The lowest BCUT2D eigenvalue weighted by Crippen LogP contribution is -2.12. The van der Waals surface area contributed by atoms with E-state index in [1.807, 2.05) is 11.3 Å². The van der Waals surface area contributed by atoms with Gasteiger partial charge in [0.2, 0.25) is 0 Å². The van der Waals surface area contributed by atoms with Crippen molar-refractivity contribution < 1.29 is 0 Å². The maximum Gasteiger partial charge on any atom is 0.0574 e. The van der Waals surface area contributed by atoms with Crippen molar-refractivity contribution in [1.29, 1.82) is 0 Å². The largest absolute Gasteiger partial charge is 0.309 e. The highest BCUT2D eigenvalue weighted by Crippen LogP contribution is 2.38. The van der Waals surface area contributed by atoms with Crippen molar-refractivity contribution in [2.45, 2.75) is 32.7 Å². The highest BCUT2D eigenvalue weighted by Gasteiger charge is 2.21. The maximum absolute atomic E-state index is 6.16. The fraction of sp³-hybridized carbons (Fsp3) is 0.600. The van der Waals surface area contributed by atoms with Gasteiger partial charge in [-0.2, -0.15) is 0 Å². The highest BCUT2D eigenvalue weighted by atomic mass is 35.5. The fourth-order valence-electron chi connectivity index (χ4n) is 1.90. The minimum Gasteiger partial charge on any atom is -0.309 e. The quantitative estimate of drug-likeness (QED) is 0.757. The number of thiophene rings is 1. The molecule has 1 nitrogen and oxygen atoms in total. The molecule has 0 radical (unpaired) electrons. The molecule has 0 amide bonds. The molecule has 0 saturated carbocycles. The number of hydrogen-bond donors (Lipinski definition) is 1. The molecule has 1 aliphatic rings. The molecular weight excluding hydrogens is 202 g/mol. The Balaban J connectivity index is 2.34. The van der Waals surface area contributed by atoms with E-state index in [1.165, 1.54) is 28.2 Å². The van der Waals surface area contributed by atoms with Gasteiger partial charge in [-0.1, -0.05) is 11.6 Å². The van der Waals surface area contributed by atoms with Crippen molar-refractivity contribution >= 4 is 22.9 Å². The molecule has 0 aliphatic carbocycles. The van der Waals surface area contributed by atoms with Crippen molar-refractivity contribution in [2.24, 2.45) is 0 Å². The Hall–Kier alpha value is -0.0500. The molecule has 72 valence electrons. The van der Waals surface area contributed by atoms with Crippen molar-refractivity contribution in [3.8, 4) is 0 Å². The Morgan fingerprint density at radius 2 is 2.23 bits per heavy atom. The zero-order chi connectivity index (χ0) is 9.42. The maximum atomic E-state index is 6.16. The summed E-state index contributed by atoms with van der Waals surface area (Å²) in [5.74, 6) is 0. The molecule has 1 aliphatic heterocycles. The average molecular weight is 216 g/mol. The van der Waals surface area contributed by atoms with Crippen LogP contribution < -0.4 is 5.32 Å². The summed E-state index contributed by atoms with van der Waals surface area (Å²) < 4.78 is 0. The summed E-state index contributed by atoms with van der Waals surface area (Å²) in [6.07, 6.45) is 2.55. The van der Waals surface area contributed by atoms with Crippen LogP contribution in [0.3, 0.4) is 0 Å². The summed E-state index contributed by atoms with van der Waals surface area (Å²) in [5.41, 5.74) is 1.28. The Bertz CT molecular complexity index is 313. The number of hydrogen-bond acceptors (Lipinski definition) is 2. The SMILES string of the molecule is Cc1sc(C2CCCN2)c(C)c1Cl. The third kappa shape index (κ3) is 1.63. The summed E-state index contributed by atoms with van der Waals surface area (Å²) in [7, 11) is 0. The van der Waals surface area contributed by atoms with Crippen LogP contribution in [-0.4, -0.2) is 6.54 Å². The molecule has 0 bridgehead atoms. The van der Waals surface area contributed by atoms with Crippen molar-refractivity contribution in [3.63, 3.8) is 0 Å². The smallest absolute Gasteiger partial charge is 0.0574 e. The summed E-state index contributed by atoms with van der Waals surface area (Å²) in [6, 6.07) is 0.566. The van der Waals surface area contributed by atoms with Crippen LogP contribution >= 0.6 is 22.9 Å². The minimum atomic E-state index is 0.566. The first-order valence-corrected chi connectivity index (χ1v) is 5.88. The van der Waals surface area contributed by atoms with E-state index in [1.54, 1.807) is 0 Å². The number of nitrogens with one attached hydrogen (secondary N) is 1. The second-order valence-corrected chi connectivity index (χ2v) is 5.24. The average Bonchev–Trinajstić information content (AvgIpc) is 2.70. The molecule has 1 saturated heterocycles. The lowest BCUT2D eigenvalue weighted by molar-refractivity contribution is 0.656. The van der Waals surface area contributed by atoms with Crippen molar-refractivity contribution in [2.75, 3.05) is 6.54 Å². The van der Waals surface area contributed by atoms with E-state index >= 15 is 0 Å². The first kappa shape index (κ1) is 9.50. The molecule has 2 rings (SSSR count). The Morgan fingerprint density at radius 1 is 1.46 bits per heavy atom. The van der Waals surface area contributed by atoms with Crippen molar-refractivity contribution in [3.05, 3.63) is 20.3 Å². The third-order valence-electron chi connectivity index (χ3n) is 2.65. The molecule has 3 heteroatoms. The van der Waals surface area contributed by atoms with Gasteiger partial charge in [0.25, 0.3) is 0 Å². The third-order valence-corrected chi connectivity index (χ3v) is 4.65. The van der Waals surface area contributed by atoms with Gasteiger partial charge in [0.1, 0.15) is 0 Å². The van der Waals surface area contributed by atoms with E-state index in [4.69, 9.17) is 11.6 Å². The Morgan fingerprint density at radius 3 is 2.69 bits per heavy atom. The topological polar surface area (TPSA) is 12.0 Å². The fourth-order valence-corrected chi connectivity index (χ4v) is 3.34. The molecule has 1 N–H and O–H groups in total. The molecule has 1 unspecified atom stereocenters. The van der Waals surface area contributed by atoms with Crippen LogP contribution in [0, 0.1) is 13.8 Å². The molecule has 0 aromatic carbocycles. The van der Waals surface area contributed by atoms with Gasteiger partial charge in [0.15, 0.2) is 0 Å². The van der Waals surface area contributed by atoms with Crippen LogP contribution in [0.5, 0.6) is 0 Å². The molecule has 13 heavy (non-hydrogen) atoms. The first-order chi connectivity index (χ1) is 6.20. The van der Waals surface area contributed by atoms with Gasteiger partial charge in [-0.15, -0.1) is 11.3 Å². The van der Waals surface area contributed by atoms with E-state index in [9.17, 15) is 0 Å². The van der Waals surface area contributed by atoms with Gasteiger partial charge in [-0.05, 0) is 38.8 Å². The molecule has 1 aromatic heterocycles. The Kier molecular flexibility index (Phi) is 2.63. The van der Waals surface area contributed by atoms with Crippen LogP contribution in [0.25, 0.3) is 0 Å². The molecule has 2 heterocycles. The monoisotopic (exact) mass is 215 g/mol. The van der Waals surface area contributed by atoms with Gasteiger partial charge in [-0.25, -0.2) is 0 Å². The van der Waals surface area contributed by atoms with Gasteiger partial charge < -0.3 is 5.32 Å². The zero-order valence-electron chi connectivity index (χ0n) is 7.98. The van der Waals surface area contributed by atoms with E-state index in [-0.39, 0.29) is 0 Å². The molecule has 0 spiro atoms. The van der Waals surface area contributed by atoms with E-state index in [2.05, 4.69) is 19.2 Å². The molecule has 1 fully saturated rings. The molecular formula is C10H14ClNS. The highest BCUT2D eigenvalue weighted by molar-refractivity contribution is 7.12. The van der Waals surface area contributed by atoms with Crippen molar-refractivity contribution in [1.82, 2.24) is 5.32 Å². The second-order valence-electron chi connectivity index (χ2n) is 3.61. The van der Waals surface area contributed by atoms with E-state index in [0.717, 1.165) is 11.6 Å². The van der Waals surface area contributed by atoms with Crippen LogP contribution in [0.4, 0.5) is 0 Å². The van der Waals surface area contributed by atoms with Crippen LogP contribution in [-0.2, 0) is 0 Å². The van der Waals surface area contributed by atoms with Gasteiger partial charge in [-0.3, -0.25) is 0 Å². The number of rotatable bonds is 1. The normalized spacial score (nSPS) is 22.5. The lowest BCUT2D eigenvalue weighted by atomic mass is 10.1. The van der Waals surface area contributed by atoms with Gasteiger partial charge in [0.05, 0.1) is 5.02 Å². The predicted octanol–water partition coefficient (Wildman–Crippen LogP) is 3.44. The summed E-state index contributed by atoms with van der Waals surface area (Å²) in [4.78, 5) is 2.70. The summed E-state index contributed by atoms with van der Waals surface area (Å²) >= 11 is 8.00. The second kappa shape index (κ2) is 3.60. The summed E-state index contributed by atoms with van der Waals surface area (Å²) in [6.45, 7) is 5.37. The number of halogens is 1. The van der Waals surface area contributed by atoms with Gasteiger partial charge in [0, 0.05) is 15.8 Å². The molecule has 1 atom stereocenters. The van der Waals surface area contributed by atoms with Crippen LogP contribution in [0.15, 0.2) is 0 Å². The number of aryl methyl sites for hydroxylation is 1. The van der Waals surface area contributed by atoms with Gasteiger partial charge >= 0.3 is 0 Å². The predicted molar refractivity (Wildman–Crippen MR) is 58.8 cm³/mol. The molecule has 1 aromatic rings.